The minimum absolute atomic E-state index is 0.943. The first-order valence-electron chi connectivity index (χ1n) is 5.89. The topological polar surface area (TPSA) is 29.0 Å². The standard InChI is InChI=1S/C14H16BrN3/c1-11-9-14(17-10-13(11)15)18(2)8-5-12-3-6-16-7-4-12/h3-4,6-7,9-10H,5,8H2,1-2H3. The van der Waals surface area contributed by atoms with E-state index in [0.29, 0.717) is 0 Å². The summed E-state index contributed by atoms with van der Waals surface area (Å²) in [6.07, 6.45) is 6.51. The minimum Gasteiger partial charge on any atom is -0.359 e. The second-order valence-electron chi connectivity index (χ2n) is 4.32. The van der Waals surface area contributed by atoms with Crippen LogP contribution in [0.25, 0.3) is 0 Å². The van der Waals surface area contributed by atoms with Crippen molar-refractivity contribution in [3.8, 4) is 0 Å². The summed E-state index contributed by atoms with van der Waals surface area (Å²) in [5, 5.41) is 0. The van der Waals surface area contributed by atoms with Crippen molar-refractivity contribution in [2.75, 3.05) is 18.5 Å². The largest absolute Gasteiger partial charge is 0.359 e. The fraction of sp³-hybridized carbons (Fsp3) is 0.286. The van der Waals surface area contributed by atoms with Gasteiger partial charge in [0.1, 0.15) is 5.82 Å². The van der Waals surface area contributed by atoms with Crippen molar-refractivity contribution in [3.63, 3.8) is 0 Å². The second kappa shape index (κ2) is 5.96. The lowest BCUT2D eigenvalue weighted by Crippen LogP contribution is -2.21. The van der Waals surface area contributed by atoms with E-state index in [1.165, 1.54) is 11.1 Å². The number of nitrogens with zero attached hydrogens (tertiary/aromatic N) is 3. The van der Waals surface area contributed by atoms with E-state index in [9.17, 15) is 0 Å². The molecule has 2 rings (SSSR count). The number of aryl methyl sites for hydroxylation is 1. The van der Waals surface area contributed by atoms with Gasteiger partial charge in [-0.15, -0.1) is 0 Å². The van der Waals surface area contributed by atoms with Crippen LogP contribution in [0.15, 0.2) is 41.3 Å². The van der Waals surface area contributed by atoms with E-state index in [2.05, 4.69) is 50.8 Å². The molecule has 3 nitrogen and oxygen atoms in total. The number of pyridine rings is 2. The molecule has 0 aliphatic heterocycles. The molecule has 0 saturated heterocycles. The van der Waals surface area contributed by atoms with Gasteiger partial charge in [-0.1, -0.05) is 0 Å². The monoisotopic (exact) mass is 305 g/mol. The molecule has 0 amide bonds. The molecule has 4 heteroatoms. The Kier molecular flexibility index (Phi) is 4.31. The van der Waals surface area contributed by atoms with E-state index in [4.69, 9.17) is 0 Å². The first-order chi connectivity index (χ1) is 8.66. The zero-order chi connectivity index (χ0) is 13.0. The molecule has 0 N–H and O–H groups in total. The van der Waals surface area contributed by atoms with Crippen LogP contribution in [0.5, 0.6) is 0 Å². The quantitative estimate of drug-likeness (QED) is 0.868. The SMILES string of the molecule is Cc1cc(N(C)CCc2ccncc2)ncc1Br. The van der Waals surface area contributed by atoms with E-state index in [1.807, 2.05) is 30.7 Å². The fourth-order valence-electron chi connectivity index (χ4n) is 1.69. The van der Waals surface area contributed by atoms with Crippen LogP contribution in [-0.4, -0.2) is 23.6 Å². The third-order valence-electron chi connectivity index (χ3n) is 2.91. The van der Waals surface area contributed by atoms with Gasteiger partial charge in [0.25, 0.3) is 0 Å². The van der Waals surface area contributed by atoms with Crippen LogP contribution in [-0.2, 0) is 6.42 Å². The Balaban J connectivity index is 1.99. The van der Waals surface area contributed by atoms with E-state index >= 15 is 0 Å². The van der Waals surface area contributed by atoms with E-state index in [1.54, 1.807) is 0 Å². The lowest BCUT2D eigenvalue weighted by molar-refractivity contribution is 0.857. The maximum atomic E-state index is 4.42. The number of rotatable bonds is 4. The first kappa shape index (κ1) is 13.0. The first-order valence-corrected chi connectivity index (χ1v) is 6.68. The Bertz CT molecular complexity index is 514. The molecule has 0 saturated carbocycles. The second-order valence-corrected chi connectivity index (χ2v) is 5.17. The van der Waals surface area contributed by atoms with E-state index < -0.39 is 0 Å². The molecule has 0 spiro atoms. The highest BCUT2D eigenvalue weighted by Gasteiger charge is 2.04. The number of likely N-dealkylation sites (N-methyl/N-ethyl adjacent to an activating group) is 1. The van der Waals surface area contributed by atoms with Crippen molar-refractivity contribution in [1.82, 2.24) is 9.97 Å². The highest BCUT2D eigenvalue weighted by atomic mass is 79.9. The van der Waals surface area contributed by atoms with Crippen LogP contribution in [0, 0.1) is 6.92 Å². The molecule has 0 unspecified atom stereocenters. The third kappa shape index (κ3) is 3.29. The van der Waals surface area contributed by atoms with Gasteiger partial charge in [0.05, 0.1) is 0 Å². The molecule has 2 aromatic rings. The Morgan fingerprint density at radius 3 is 2.67 bits per heavy atom. The van der Waals surface area contributed by atoms with Crippen molar-refractivity contribution in [1.29, 1.82) is 0 Å². The number of anilines is 1. The zero-order valence-corrected chi connectivity index (χ0v) is 12.2. The fourth-order valence-corrected chi connectivity index (χ4v) is 1.91. The molecule has 0 bridgehead atoms. The molecule has 0 aromatic carbocycles. The van der Waals surface area contributed by atoms with Crippen LogP contribution in [0.4, 0.5) is 5.82 Å². The van der Waals surface area contributed by atoms with Crippen molar-refractivity contribution >= 4 is 21.7 Å². The number of hydrogen-bond donors (Lipinski definition) is 0. The van der Waals surface area contributed by atoms with Gasteiger partial charge in [0.15, 0.2) is 0 Å². The molecule has 0 radical (unpaired) electrons. The number of halogens is 1. The van der Waals surface area contributed by atoms with Crippen LogP contribution >= 0.6 is 15.9 Å². The number of aromatic nitrogens is 2. The van der Waals surface area contributed by atoms with Crippen LogP contribution in [0.3, 0.4) is 0 Å². The highest BCUT2D eigenvalue weighted by Crippen LogP contribution is 2.19. The maximum Gasteiger partial charge on any atom is 0.128 e. The third-order valence-corrected chi connectivity index (χ3v) is 3.74. The van der Waals surface area contributed by atoms with Gasteiger partial charge in [-0.25, -0.2) is 4.98 Å². The van der Waals surface area contributed by atoms with Gasteiger partial charge in [-0.3, -0.25) is 4.98 Å². The average molecular weight is 306 g/mol. The lowest BCUT2D eigenvalue weighted by Gasteiger charge is -2.18. The molecular formula is C14H16BrN3. The lowest BCUT2D eigenvalue weighted by atomic mass is 10.2. The molecule has 0 aliphatic carbocycles. The van der Waals surface area contributed by atoms with Crippen molar-refractivity contribution in [2.24, 2.45) is 0 Å². The van der Waals surface area contributed by atoms with Gasteiger partial charge < -0.3 is 4.90 Å². The molecule has 2 heterocycles. The predicted molar refractivity (Wildman–Crippen MR) is 77.9 cm³/mol. The van der Waals surface area contributed by atoms with Crippen LogP contribution in [0.2, 0.25) is 0 Å². The summed E-state index contributed by atoms with van der Waals surface area (Å²) in [5.41, 5.74) is 2.50. The Hall–Kier alpha value is -1.42. The Labute approximate surface area is 116 Å². The normalized spacial score (nSPS) is 10.4. The van der Waals surface area contributed by atoms with Gasteiger partial charge in [-0.05, 0) is 58.6 Å². The summed E-state index contributed by atoms with van der Waals surface area (Å²) in [6.45, 7) is 3.02. The number of hydrogen-bond acceptors (Lipinski definition) is 3. The summed E-state index contributed by atoms with van der Waals surface area (Å²) in [7, 11) is 2.07. The van der Waals surface area contributed by atoms with Gasteiger partial charge in [0.2, 0.25) is 0 Å². The molecule has 94 valence electrons. The Morgan fingerprint density at radius 1 is 1.28 bits per heavy atom. The minimum atomic E-state index is 0.943. The Morgan fingerprint density at radius 2 is 2.00 bits per heavy atom. The summed E-state index contributed by atoms with van der Waals surface area (Å²) >= 11 is 3.47. The van der Waals surface area contributed by atoms with Crippen molar-refractivity contribution < 1.29 is 0 Å². The van der Waals surface area contributed by atoms with Gasteiger partial charge in [0, 0.05) is 36.7 Å². The molecule has 0 fully saturated rings. The van der Waals surface area contributed by atoms with Gasteiger partial charge >= 0.3 is 0 Å². The highest BCUT2D eigenvalue weighted by molar-refractivity contribution is 9.10. The molecule has 2 aromatic heterocycles. The molecular weight excluding hydrogens is 290 g/mol. The van der Waals surface area contributed by atoms with Crippen molar-refractivity contribution in [2.45, 2.75) is 13.3 Å². The maximum absolute atomic E-state index is 4.42. The van der Waals surface area contributed by atoms with E-state index in [-0.39, 0.29) is 0 Å². The summed E-state index contributed by atoms with van der Waals surface area (Å²) in [6, 6.07) is 6.19. The zero-order valence-electron chi connectivity index (χ0n) is 10.6. The summed E-state index contributed by atoms with van der Waals surface area (Å²) in [5.74, 6) is 1.00. The molecule has 0 aliphatic rings. The average Bonchev–Trinajstić information content (AvgIpc) is 2.40. The van der Waals surface area contributed by atoms with Gasteiger partial charge in [-0.2, -0.15) is 0 Å². The smallest absolute Gasteiger partial charge is 0.128 e. The molecule has 0 atom stereocenters. The summed E-state index contributed by atoms with van der Waals surface area (Å²) in [4.78, 5) is 10.6. The molecule has 18 heavy (non-hydrogen) atoms. The van der Waals surface area contributed by atoms with E-state index in [0.717, 1.165) is 23.3 Å². The van der Waals surface area contributed by atoms with Crippen LogP contribution < -0.4 is 4.90 Å². The van der Waals surface area contributed by atoms with Crippen LogP contribution in [0.1, 0.15) is 11.1 Å². The van der Waals surface area contributed by atoms with Crippen molar-refractivity contribution in [3.05, 3.63) is 52.4 Å². The summed E-state index contributed by atoms with van der Waals surface area (Å²) < 4.78 is 1.05. The predicted octanol–water partition coefficient (Wildman–Crippen LogP) is 3.23.